The molecule has 0 aliphatic carbocycles. The maximum Gasteiger partial charge on any atom is 0.230 e. The number of benzene rings is 1. The summed E-state index contributed by atoms with van der Waals surface area (Å²) < 4.78 is 5.07. The number of hydrogen-bond donors (Lipinski definition) is 1. The van der Waals surface area contributed by atoms with Gasteiger partial charge in [0, 0.05) is 5.56 Å². The maximum atomic E-state index is 12.0. The normalized spacial score (nSPS) is 10.1. The molecule has 1 heterocycles. The number of nitrogens with one attached hydrogen (secondary N) is 1. The molecule has 2 aromatic rings. The molecule has 1 aromatic carbocycles. The first-order valence-corrected chi connectivity index (χ1v) is 4.77. The van der Waals surface area contributed by atoms with Crippen molar-refractivity contribution in [2.75, 3.05) is 7.11 Å². The van der Waals surface area contributed by atoms with Crippen molar-refractivity contribution in [1.29, 1.82) is 0 Å². The van der Waals surface area contributed by atoms with Gasteiger partial charge in [-0.3, -0.25) is 9.89 Å². The smallest absolute Gasteiger partial charge is 0.230 e. The molecule has 0 atom stereocenters. The second kappa shape index (κ2) is 4.14. The average Bonchev–Trinajstić information content (AvgIpc) is 2.81. The SMILES string of the molecule is COc1ccc(C(=O)c2ncn[nH]2)c(C)c1. The van der Waals surface area contributed by atoms with Crippen LogP contribution in [0.25, 0.3) is 0 Å². The fraction of sp³-hybridized carbons (Fsp3) is 0.182. The Kier molecular flexibility index (Phi) is 2.68. The fourth-order valence-corrected chi connectivity index (χ4v) is 1.46. The van der Waals surface area contributed by atoms with E-state index in [-0.39, 0.29) is 11.6 Å². The number of rotatable bonds is 3. The standard InChI is InChI=1S/C11H11N3O2/c1-7-5-8(16-2)3-4-9(7)10(15)11-12-6-13-14-11/h3-6H,1-2H3,(H,12,13,14). The van der Waals surface area contributed by atoms with Crippen LogP contribution >= 0.6 is 0 Å². The van der Waals surface area contributed by atoms with Crippen LogP contribution < -0.4 is 4.74 Å². The monoisotopic (exact) mass is 217 g/mol. The van der Waals surface area contributed by atoms with E-state index >= 15 is 0 Å². The lowest BCUT2D eigenvalue weighted by Crippen LogP contribution is -2.06. The van der Waals surface area contributed by atoms with E-state index < -0.39 is 0 Å². The molecule has 1 N–H and O–H groups in total. The molecule has 0 aliphatic rings. The second-order valence-corrected chi connectivity index (χ2v) is 3.34. The maximum absolute atomic E-state index is 12.0. The Bertz CT molecular complexity index is 506. The first-order chi connectivity index (χ1) is 7.72. The first kappa shape index (κ1) is 10.4. The van der Waals surface area contributed by atoms with Gasteiger partial charge in [-0.25, -0.2) is 4.98 Å². The highest BCUT2D eigenvalue weighted by atomic mass is 16.5. The van der Waals surface area contributed by atoms with Crippen LogP contribution in [0.15, 0.2) is 24.5 Å². The van der Waals surface area contributed by atoms with Crippen molar-refractivity contribution in [1.82, 2.24) is 15.2 Å². The van der Waals surface area contributed by atoms with Gasteiger partial charge in [-0.05, 0) is 30.7 Å². The number of carbonyl (C=O) groups excluding carboxylic acids is 1. The van der Waals surface area contributed by atoms with Crippen molar-refractivity contribution < 1.29 is 9.53 Å². The Labute approximate surface area is 92.5 Å². The second-order valence-electron chi connectivity index (χ2n) is 3.34. The fourth-order valence-electron chi connectivity index (χ4n) is 1.46. The van der Waals surface area contributed by atoms with Crippen LogP contribution in [0.3, 0.4) is 0 Å². The van der Waals surface area contributed by atoms with Gasteiger partial charge in [0.15, 0.2) is 5.82 Å². The zero-order chi connectivity index (χ0) is 11.5. The molecule has 0 bridgehead atoms. The summed E-state index contributed by atoms with van der Waals surface area (Å²) in [4.78, 5) is 15.8. The van der Waals surface area contributed by atoms with Crippen molar-refractivity contribution >= 4 is 5.78 Å². The molecule has 0 saturated carbocycles. The topological polar surface area (TPSA) is 67.9 Å². The van der Waals surface area contributed by atoms with E-state index in [0.29, 0.717) is 5.56 Å². The van der Waals surface area contributed by atoms with Crippen LogP contribution in [0.1, 0.15) is 21.7 Å². The first-order valence-electron chi connectivity index (χ1n) is 4.77. The zero-order valence-corrected chi connectivity index (χ0v) is 9.02. The number of nitrogens with zero attached hydrogens (tertiary/aromatic N) is 2. The average molecular weight is 217 g/mol. The van der Waals surface area contributed by atoms with E-state index in [1.165, 1.54) is 6.33 Å². The van der Waals surface area contributed by atoms with E-state index in [0.717, 1.165) is 11.3 Å². The summed E-state index contributed by atoms with van der Waals surface area (Å²) >= 11 is 0. The number of methoxy groups -OCH3 is 1. The van der Waals surface area contributed by atoms with Gasteiger partial charge in [-0.2, -0.15) is 5.10 Å². The van der Waals surface area contributed by atoms with Crippen molar-refractivity contribution in [2.45, 2.75) is 6.92 Å². The third-order valence-electron chi connectivity index (χ3n) is 2.31. The quantitative estimate of drug-likeness (QED) is 0.788. The lowest BCUT2D eigenvalue weighted by molar-refractivity contribution is 0.102. The number of H-pyrrole nitrogens is 1. The molecule has 5 heteroatoms. The van der Waals surface area contributed by atoms with Gasteiger partial charge in [0.25, 0.3) is 0 Å². The Hall–Kier alpha value is -2.17. The molecule has 0 unspecified atom stereocenters. The minimum Gasteiger partial charge on any atom is -0.497 e. The van der Waals surface area contributed by atoms with E-state index in [2.05, 4.69) is 15.2 Å². The van der Waals surface area contributed by atoms with E-state index in [9.17, 15) is 4.79 Å². The van der Waals surface area contributed by atoms with Crippen LogP contribution in [0.2, 0.25) is 0 Å². The molecule has 0 saturated heterocycles. The van der Waals surface area contributed by atoms with Crippen LogP contribution in [0.5, 0.6) is 5.75 Å². The third-order valence-corrected chi connectivity index (χ3v) is 2.31. The van der Waals surface area contributed by atoms with Crippen LogP contribution in [0, 0.1) is 6.92 Å². The highest BCUT2D eigenvalue weighted by Gasteiger charge is 2.14. The molecular weight excluding hydrogens is 206 g/mol. The summed E-state index contributed by atoms with van der Waals surface area (Å²) in [5.41, 5.74) is 1.44. The van der Waals surface area contributed by atoms with Crippen molar-refractivity contribution in [3.05, 3.63) is 41.5 Å². The number of carbonyl (C=O) groups is 1. The van der Waals surface area contributed by atoms with Gasteiger partial charge in [-0.15, -0.1) is 0 Å². The van der Waals surface area contributed by atoms with Gasteiger partial charge >= 0.3 is 0 Å². The molecule has 1 aromatic heterocycles. The molecular formula is C11H11N3O2. The number of ether oxygens (including phenoxy) is 1. The molecule has 2 rings (SSSR count). The molecule has 82 valence electrons. The van der Waals surface area contributed by atoms with Gasteiger partial charge in [0.2, 0.25) is 5.78 Å². The van der Waals surface area contributed by atoms with Crippen molar-refractivity contribution in [3.8, 4) is 5.75 Å². The Morgan fingerprint density at radius 2 is 2.25 bits per heavy atom. The lowest BCUT2D eigenvalue weighted by Gasteiger charge is -2.05. The Morgan fingerprint density at radius 3 is 2.81 bits per heavy atom. The van der Waals surface area contributed by atoms with E-state index in [1.54, 1.807) is 19.2 Å². The summed E-state index contributed by atoms with van der Waals surface area (Å²) in [6.07, 6.45) is 1.31. The minimum atomic E-state index is -0.169. The summed E-state index contributed by atoms with van der Waals surface area (Å²) in [7, 11) is 1.59. The number of ketones is 1. The third kappa shape index (κ3) is 1.79. The van der Waals surface area contributed by atoms with Crippen LogP contribution in [0.4, 0.5) is 0 Å². The molecule has 16 heavy (non-hydrogen) atoms. The van der Waals surface area contributed by atoms with Gasteiger partial charge in [0.05, 0.1) is 7.11 Å². The van der Waals surface area contributed by atoms with Crippen molar-refractivity contribution in [2.24, 2.45) is 0 Å². The summed E-state index contributed by atoms with van der Waals surface area (Å²) in [5.74, 6) is 0.803. The van der Waals surface area contributed by atoms with Crippen LogP contribution in [-0.2, 0) is 0 Å². The number of aryl methyl sites for hydroxylation is 1. The van der Waals surface area contributed by atoms with Crippen molar-refractivity contribution in [3.63, 3.8) is 0 Å². The summed E-state index contributed by atoms with van der Waals surface area (Å²) in [6.45, 7) is 1.85. The molecule has 0 amide bonds. The van der Waals surface area contributed by atoms with E-state index in [4.69, 9.17) is 4.74 Å². The Balaban J connectivity index is 2.38. The molecule has 5 nitrogen and oxygen atoms in total. The van der Waals surface area contributed by atoms with Crippen LogP contribution in [-0.4, -0.2) is 28.1 Å². The molecule has 0 aliphatic heterocycles. The van der Waals surface area contributed by atoms with Gasteiger partial charge in [-0.1, -0.05) is 0 Å². The predicted octanol–water partition coefficient (Wildman–Crippen LogP) is 1.35. The summed E-state index contributed by atoms with van der Waals surface area (Å²) in [5, 5.41) is 6.20. The molecule has 0 spiro atoms. The van der Waals surface area contributed by atoms with Gasteiger partial charge < -0.3 is 4.74 Å². The van der Waals surface area contributed by atoms with Gasteiger partial charge in [0.1, 0.15) is 12.1 Å². The summed E-state index contributed by atoms with van der Waals surface area (Å²) in [6, 6.07) is 5.28. The largest absolute Gasteiger partial charge is 0.497 e. The molecule has 0 fully saturated rings. The zero-order valence-electron chi connectivity index (χ0n) is 9.02. The highest BCUT2D eigenvalue weighted by Crippen LogP contribution is 2.18. The number of aromatic amines is 1. The van der Waals surface area contributed by atoms with E-state index in [1.807, 2.05) is 13.0 Å². The Morgan fingerprint density at radius 1 is 1.44 bits per heavy atom. The number of aromatic nitrogens is 3. The highest BCUT2D eigenvalue weighted by molar-refractivity contribution is 6.07. The predicted molar refractivity (Wildman–Crippen MR) is 57.5 cm³/mol. The number of hydrogen-bond acceptors (Lipinski definition) is 4. The lowest BCUT2D eigenvalue weighted by atomic mass is 10.0. The molecule has 0 radical (unpaired) electrons. The minimum absolute atomic E-state index is 0.169.